The third kappa shape index (κ3) is 11.1. The SMILES string of the molecule is CCC[C@@H](C(=O)C(=O)N[C@@H](C)C(C)C)N1CC[C@@H](CNC(=O)[C@@H](NC(=O)[C@@H](NC(=O)c2cnccn2)C2CCCC2)C(C)(C)C)[C@H](C)CC1=O. The fourth-order valence-electron chi connectivity index (χ4n) is 6.77. The Hall–Kier alpha value is -3.90. The second-order valence-corrected chi connectivity index (χ2v) is 15.6. The Bertz CT molecular complexity index is 1340. The molecule has 1 aliphatic carbocycles. The lowest BCUT2D eigenvalue weighted by Gasteiger charge is -2.33. The molecule has 13 nitrogen and oxygen atoms in total. The normalized spacial score (nSPS) is 21.1. The molecule has 1 aliphatic heterocycles. The van der Waals surface area contributed by atoms with E-state index < -0.39 is 47.0 Å². The van der Waals surface area contributed by atoms with E-state index in [1.54, 1.807) is 4.90 Å². The number of likely N-dealkylation sites (tertiary alicyclic amines) is 1. The van der Waals surface area contributed by atoms with Gasteiger partial charge >= 0.3 is 0 Å². The smallest absolute Gasteiger partial charge is 0.289 e. The molecule has 4 N–H and O–H groups in total. The second-order valence-electron chi connectivity index (χ2n) is 15.6. The van der Waals surface area contributed by atoms with E-state index >= 15 is 0 Å². The summed E-state index contributed by atoms with van der Waals surface area (Å²) in [6.07, 6.45) is 9.45. The van der Waals surface area contributed by atoms with Crippen LogP contribution in [0, 0.1) is 29.1 Å². The van der Waals surface area contributed by atoms with Crippen molar-refractivity contribution in [2.75, 3.05) is 13.1 Å². The average Bonchev–Trinajstić information content (AvgIpc) is 3.56. The molecule has 0 unspecified atom stereocenters. The Balaban J connectivity index is 1.69. The number of carbonyl (C=O) groups excluding carboxylic acids is 6. The number of Topliss-reactive ketones (excluding diaryl/α,β-unsaturated/α-hetero) is 1. The van der Waals surface area contributed by atoms with Crippen molar-refractivity contribution in [3.8, 4) is 0 Å². The Morgan fingerprint density at radius 3 is 2.22 bits per heavy atom. The Labute approximate surface area is 297 Å². The zero-order chi connectivity index (χ0) is 37.2. The molecule has 1 saturated heterocycles. The molecule has 13 heteroatoms. The summed E-state index contributed by atoms with van der Waals surface area (Å²) < 4.78 is 0. The van der Waals surface area contributed by atoms with Crippen LogP contribution in [0.2, 0.25) is 0 Å². The van der Waals surface area contributed by atoms with Crippen LogP contribution in [0.1, 0.15) is 117 Å². The molecule has 1 saturated carbocycles. The molecule has 6 atom stereocenters. The Morgan fingerprint density at radius 1 is 0.960 bits per heavy atom. The largest absolute Gasteiger partial charge is 0.354 e. The van der Waals surface area contributed by atoms with Gasteiger partial charge < -0.3 is 26.2 Å². The van der Waals surface area contributed by atoms with Crippen molar-refractivity contribution in [3.63, 3.8) is 0 Å². The molecular weight excluding hydrogens is 638 g/mol. The summed E-state index contributed by atoms with van der Waals surface area (Å²) in [5, 5.41) is 11.6. The van der Waals surface area contributed by atoms with Crippen LogP contribution in [0.25, 0.3) is 0 Å². The third-order valence-electron chi connectivity index (χ3n) is 10.4. The molecule has 3 rings (SSSR count). The first-order chi connectivity index (χ1) is 23.5. The quantitative estimate of drug-likeness (QED) is 0.202. The van der Waals surface area contributed by atoms with Gasteiger partial charge in [0, 0.05) is 37.9 Å². The van der Waals surface area contributed by atoms with Crippen molar-refractivity contribution in [2.24, 2.45) is 29.1 Å². The molecule has 2 aliphatic rings. The summed E-state index contributed by atoms with van der Waals surface area (Å²) in [6, 6.07) is -2.75. The van der Waals surface area contributed by atoms with Gasteiger partial charge in [-0.15, -0.1) is 0 Å². The van der Waals surface area contributed by atoms with E-state index in [1.807, 2.05) is 55.4 Å². The molecule has 1 aromatic heterocycles. The van der Waals surface area contributed by atoms with Crippen LogP contribution in [0.3, 0.4) is 0 Å². The van der Waals surface area contributed by atoms with Crippen LogP contribution in [0.15, 0.2) is 18.6 Å². The van der Waals surface area contributed by atoms with E-state index in [2.05, 4.69) is 31.2 Å². The fourth-order valence-corrected chi connectivity index (χ4v) is 6.77. The molecule has 278 valence electrons. The highest BCUT2D eigenvalue weighted by molar-refractivity contribution is 6.38. The van der Waals surface area contributed by atoms with Crippen LogP contribution in [0.5, 0.6) is 0 Å². The standard InChI is InChI=1S/C37H59N7O6/c1-9-12-28(31(46)35(49)41-24(5)22(2)3)44-18-15-26(23(4)19-29(44)45)20-40-36(50)32(37(6,7)8)43-34(48)30(25-13-10-11-14-25)42-33(47)27-21-38-16-17-39-27/h16-17,21-26,28,30,32H,9-15,18-20H2,1-8H3,(H,40,50)(H,41,49)(H,42,47)(H,43,48)/t23-,24+,26+,28+,30+,32-/m1/s1. The summed E-state index contributed by atoms with van der Waals surface area (Å²) in [5.41, 5.74) is -0.546. The van der Waals surface area contributed by atoms with Crippen LogP contribution in [0.4, 0.5) is 0 Å². The lowest BCUT2D eigenvalue weighted by molar-refractivity contribution is -0.146. The van der Waals surface area contributed by atoms with Gasteiger partial charge in [-0.3, -0.25) is 33.8 Å². The van der Waals surface area contributed by atoms with Gasteiger partial charge in [0.2, 0.25) is 23.5 Å². The number of ketones is 1. The molecule has 0 spiro atoms. The van der Waals surface area contributed by atoms with Crippen LogP contribution in [-0.4, -0.2) is 87.4 Å². The van der Waals surface area contributed by atoms with E-state index in [0.29, 0.717) is 25.8 Å². The summed E-state index contributed by atoms with van der Waals surface area (Å²) >= 11 is 0. The second kappa shape index (κ2) is 18.4. The maximum Gasteiger partial charge on any atom is 0.289 e. The minimum Gasteiger partial charge on any atom is -0.354 e. The van der Waals surface area contributed by atoms with Gasteiger partial charge in [-0.1, -0.05) is 67.7 Å². The summed E-state index contributed by atoms with van der Waals surface area (Å²) in [5.74, 6) is -2.80. The van der Waals surface area contributed by atoms with E-state index in [4.69, 9.17) is 0 Å². The van der Waals surface area contributed by atoms with E-state index in [0.717, 1.165) is 25.7 Å². The molecule has 0 aromatic carbocycles. The van der Waals surface area contributed by atoms with Crippen molar-refractivity contribution < 1.29 is 28.8 Å². The highest BCUT2D eigenvalue weighted by Crippen LogP contribution is 2.30. The molecule has 0 bridgehead atoms. The molecule has 1 aromatic rings. The number of nitrogens with one attached hydrogen (secondary N) is 4. The first-order valence-corrected chi connectivity index (χ1v) is 18.3. The van der Waals surface area contributed by atoms with Crippen LogP contribution in [-0.2, 0) is 24.0 Å². The van der Waals surface area contributed by atoms with Gasteiger partial charge in [-0.25, -0.2) is 4.98 Å². The highest BCUT2D eigenvalue weighted by atomic mass is 16.2. The van der Waals surface area contributed by atoms with Crippen molar-refractivity contribution >= 4 is 35.3 Å². The van der Waals surface area contributed by atoms with E-state index in [-0.39, 0.29) is 60.2 Å². The number of hydrogen-bond acceptors (Lipinski definition) is 8. The topological polar surface area (TPSA) is 180 Å². The van der Waals surface area contributed by atoms with Crippen molar-refractivity contribution in [1.82, 2.24) is 36.1 Å². The van der Waals surface area contributed by atoms with Gasteiger partial charge in [-0.2, -0.15) is 0 Å². The number of nitrogens with zero attached hydrogens (tertiary/aromatic N) is 3. The van der Waals surface area contributed by atoms with Gasteiger partial charge in [0.15, 0.2) is 0 Å². The fraction of sp³-hybridized carbons (Fsp3) is 0.730. The number of carbonyl (C=O) groups is 6. The third-order valence-corrected chi connectivity index (χ3v) is 10.4. The Morgan fingerprint density at radius 2 is 1.64 bits per heavy atom. The summed E-state index contributed by atoms with van der Waals surface area (Å²) in [4.78, 5) is 89.8. The minimum absolute atomic E-state index is 0.0697. The molecule has 2 heterocycles. The highest BCUT2D eigenvalue weighted by Gasteiger charge is 2.40. The van der Waals surface area contributed by atoms with E-state index in [1.165, 1.54) is 18.6 Å². The molecule has 2 fully saturated rings. The predicted octanol–water partition coefficient (Wildman–Crippen LogP) is 3.19. The molecule has 0 radical (unpaired) electrons. The van der Waals surface area contributed by atoms with Crippen LogP contribution < -0.4 is 21.3 Å². The predicted molar refractivity (Wildman–Crippen MR) is 189 cm³/mol. The summed E-state index contributed by atoms with van der Waals surface area (Å²) in [7, 11) is 0. The monoisotopic (exact) mass is 697 g/mol. The molecule has 5 amide bonds. The average molecular weight is 698 g/mol. The number of amides is 5. The molecule has 50 heavy (non-hydrogen) atoms. The van der Waals surface area contributed by atoms with Crippen molar-refractivity contribution in [3.05, 3.63) is 24.3 Å². The Kier molecular flexibility index (Phi) is 14.9. The molecular formula is C37H59N7O6. The van der Waals surface area contributed by atoms with E-state index in [9.17, 15) is 28.8 Å². The zero-order valence-corrected chi connectivity index (χ0v) is 31.2. The van der Waals surface area contributed by atoms with Crippen molar-refractivity contribution in [2.45, 2.75) is 131 Å². The lowest BCUT2D eigenvalue weighted by atomic mass is 9.84. The maximum atomic E-state index is 13.8. The maximum absolute atomic E-state index is 13.8. The zero-order valence-electron chi connectivity index (χ0n) is 31.2. The first kappa shape index (κ1) is 40.5. The number of rotatable bonds is 15. The van der Waals surface area contributed by atoms with Gasteiger partial charge in [0.25, 0.3) is 11.8 Å². The van der Waals surface area contributed by atoms with Gasteiger partial charge in [-0.05, 0) is 61.7 Å². The van der Waals surface area contributed by atoms with Crippen LogP contribution >= 0.6 is 0 Å². The van der Waals surface area contributed by atoms with Gasteiger partial charge in [0.1, 0.15) is 23.8 Å². The number of hydrogen-bond donors (Lipinski definition) is 4. The first-order valence-electron chi connectivity index (χ1n) is 18.3. The lowest BCUT2D eigenvalue weighted by Crippen LogP contribution is -2.59. The summed E-state index contributed by atoms with van der Waals surface area (Å²) in [6.45, 7) is 15.8. The minimum atomic E-state index is -0.898. The number of aromatic nitrogens is 2. The van der Waals surface area contributed by atoms with Crippen molar-refractivity contribution in [1.29, 1.82) is 0 Å². The van der Waals surface area contributed by atoms with Gasteiger partial charge in [0.05, 0.1) is 6.20 Å².